The molecule has 20 heavy (non-hydrogen) atoms. The summed E-state index contributed by atoms with van der Waals surface area (Å²) < 4.78 is 5.44. The van der Waals surface area contributed by atoms with E-state index in [9.17, 15) is 4.79 Å². The molecule has 3 N–H and O–H groups in total. The van der Waals surface area contributed by atoms with Gasteiger partial charge in [0.25, 0.3) is 5.91 Å². The number of thiocarbonyl (C=S) groups is 1. The molecule has 2 rings (SSSR count). The number of ether oxygens (including phenoxy) is 1. The van der Waals surface area contributed by atoms with Crippen molar-refractivity contribution in [1.29, 1.82) is 0 Å². The van der Waals surface area contributed by atoms with E-state index >= 15 is 0 Å². The lowest BCUT2D eigenvalue weighted by Gasteiger charge is -2.09. The van der Waals surface area contributed by atoms with Gasteiger partial charge in [0.05, 0.1) is 5.56 Å². The minimum Gasteiger partial charge on any atom is -0.483 e. The van der Waals surface area contributed by atoms with Gasteiger partial charge in [-0.25, -0.2) is 4.98 Å². The summed E-state index contributed by atoms with van der Waals surface area (Å²) >= 11 is 6.33. The van der Waals surface area contributed by atoms with Crippen LogP contribution in [0.5, 0.6) is 5.75 Å². The van der Waals surface area contributed by atoms with Gasteiger partial charge in [-0.3, -0.25) is 10.1 Å². The molecule has 1 heterocycles. The van der Waals surface area contributed by atoms with Crippen molar-refractivity contribution in [1.82, 2.24) is 4.98 Å². The number of benzene rings is 1. The van der Waals surface area contributed by atoms with Gasteiger partial charge in [0.15, 0.2) is 11.7 Å². The smallest absolute Gasteiger partial charge is 0.264 e. The van der Waals surface area contributed by atoms with E-state index in [0.717, 1.165) is 4.88 Å². The van der Waals surface area contributed by atoms with Gasteiger partial charge in [0, 0.05) is 11.1 Å². The van der Waals surface area contributed by atoms with Crippen LogP contribution in [0.25, 0.3) is 0 Å². The Balaban J connectivity index is 1.95. The first-order chi connectivity index (χ1) is 9.56. The summed E-state index contributed by atoms with van der Waals surface area (Å²) in [5.41, 5.74) is 6.20. The van der Waals surface area contributed by atoms with Gasteiger partial charge in [-0.1, -0.05) is 24.4 Å². The SMILES string of the molecule is Cc1cnc(NC(=O)COc2ccccc2C(N)=S)s1. The molecule has 1 aromatic heterocycles. The van der Waals surface area contributed by atoms with Crippen molar-refractivity contribution in [2.24, 2.45) is 5.73 Å². The van der Waals surface area contributed by atoms with Gasteiger partial charge < -0.3 is 10.5 Å². The maximum Gasteiger partial charge on any atom is 0.264 e. The maximum absolute atomic E-state index is 11.7. The van der Waals surface area contributed by atoms with Gasteiger partial charge >= 0.3 is 0 Å². The molecule has 0 unspecified atom stereocenters. The second-order valence-electron chi connectivity index (χ2n) is 3.97. The minimum atomic E-state index is -0.280. The molecule has 104 valence electrons. The fourth-order valence-electron chi connectivity index (χ4n) is 1.51. The van der Waals surface area contributed by atoms with Crippen molar-refractivity contribution in [3.05, 3.63) is 40.9 Å². The molecule has 0 bridgehead atoms. The lowest BCUT2D eigenvalue weighted by atomic mass is 10.2. The number of para-hydroxylation sites is 1. The van der Waals surface area contributed by atoms with Crippen molar-refractivity contribution in [2.45, 2.75) is 6.92 Å². The third kappa shape index (κ3) is 3.75. The molecule has 5 nitrogen and oxygen atoms in total. The van der Waals surface area contributed by atoms with E-state index in [1.54, 1.807) is 30.5 Å². The van der Waals surface area contributed by atoms with Crippen LogP contribution in [-0.2, 0) is 4.79 Å². The highest BCUT2D eigenvalue weighted by molar-refractivity contribution is 7.80. The molecule has 0 aliphatic rings. The molecule has 1 aromatic carbocycles. The summed E-state index contributed by atoms with van der Waals surface area (Å²) in [6, 6.07) is 7.06. The normalized spacial score (nSPS) is 10.1. The summed E-state index contributed by atoms with van der Waals surface area (Å²) in [5, 5.41) is 3.22. The Kier molecular flexibility index (Phi) is 4.65. The monoisotopic (exact) mass is 307 g/mol. The molecule has 0 atom stereocenters. The number of amides is 1. The van der Waals surface area contributed by atoms with Crippen molar-refractivity contribution in [3.63, 3.8) is 0 Å². The third-order valence-electron chi connectivity index (χ3n) is 2.38. The summed E-state index contributed by atoms with van der Waals surface area (Å²) in [6.07, 6.45) is 1.70. The van der Waals surface area contributed by atoms with Crippen LogP contribution in [-0.4, -0.2) is 22.5 Å². The zero-order valence-corrected chi connectivity index (χ0v) is 12.4. The number of rotatable bonds is 5. The second kappa shape index (κ2) is 6.44. The van der Waals surface area contributed by atoms with E-state index in [0.29, 0.717) is 16.4 Å². The quantitative estimate of drug-likeness (QED) is 0.827. The summed E-state index contributed by atoms with van der Waals surface area (Å²) in [4.78, 5) is 17.1. The van der Waals surface area contributed by atoms with Crippen LogP contribution >= 0.6 is 23.6 Å². The molecule has 0 aliphatic carbocycles. The van der Waals surface area contributed by atoms with Gasteiger partial charge in [-0.05, 0) is 19.1 Å². The summed E-state index contributed by atoms with van der Waals surface area (Å²) in [7, 11) is 0. The molecule has 0 saturated heterocycles. The predicted octanol–water partition coefficient (Wildman–Crippen LogP) is 2.10. The van der Waals surface area contributed by atoms with Crippen molar-refractivity contribution >= 4 is 39.6 Å². The molecular formula is C13H13N3O2S2. The van der Waals surface area contributed by atoms with Gasteiger partial charge in [-0.15, -0.1) is 11.3 Å². The average molecular weight is 307 g/mol. The van der Waals surface area contributed by atoms with Crippen LogP contribution in [0.1, 0.15) is 10.4 Å². The number of hydrogen-bond acceptors (Lipinski definition) is 5. The highest BCUT2D eigenvalue weighted by atomic mass is 32.1. The van der Waals surface area contributed by atoms with Crippen molar-refractivity contribution in [2.75, 3.05) is 11.9 Å². The number of nitrogens with zero attached hydrogens (tertiary/aromatic N) is 1. The largest absolute Gasteiger partial charge is 0.483 e. The van der Waals surface area contributed by atoms with Crippen LogP contribution < -0.4 is 15.8 Å². The minimum absolute atomic E-state index is 0.127. The predicted molar refractivity (Wildman–Crippen MR) is 83.3 cm³/mol. The van der Waals surface area contributed by atoms with E-state index in [4.69, 9.17) is 22.7 Å². The molecule has 0 spiro atoms. The van der Waals surface area contributed by atoms with Gasteiger partial charge in [0.1, 0.15) is 10.7 Å². The molecule has 1 amide bonds. The van der Waals surface area contributed by atoms with Crippen molar-refractivity contribution in [3.8, 4) is 5.75 Å². The number of carbonyl (C=O) groups excluding carboxylic acids is 1. The zero-order valence-electron chi connectivity index (χ0n) is 10.8. The van der Waals surface area contributed by atoms with Crippen molar-refractivity contribution < 1.29 is 9.53 Å². The topological polar surface area (TPSA) is 77.2 Å². The summed E-state index contributed by atoms with van der Waals surface area (Å²) in [6.45, 7) is 1.79. The van der Waals surface area contributed by atoms with Gasteiger partial charge in [0.2, 0.25) is 0 Å². The number of nitrogens with one attached hydrogen (secondary N) is 1. The maximum atomic E-state index is 11.7. The molecule has 7 heteroatoms. The Morgan fingerprint density at radius 1 is 1.50 bits per heavy atom. The van der Waals surface area contributed by atoms with Crippen LogP contribution in [0.4, 0.5) is 5.13 Å². The number of hydrogen-bond donors (Lipinski definition) is 2. The van der Waals surface area contributed by atoms with E-state index in [-0.39, 0.29) is 17.5 Å². The van der Waals surface area contributed by atoms with Crippen LogP contribution in [0.15, 0.2) is 30.5 Å². The highest BCUT2D eigenvalue weighted by Crippen LogP contribution is 2.18. The van der Waals surface area contributed by atoms with Crippen LogP contribution in [0.3, 0.4) is 0 Å². The number of aryl methyl sites for hydroxylation is 1. The summed E-state index contributed by atoms with van der Waals surface area (Å²) in [5.74, 6) is 0.211. The lowest BCUT2D eigenvalue weighted by molar-refractivity contribution is -0.118. The third-order valence-corrected chi connectivity index (χ3v) is 3.43. The molecule has 0 fully saturated rings. The Labute approximate surface area is 125 Å². The number of anilines is 1. The standard InChI is InChI=1S/C13H13N3O2S2/c1-8-6-15-13(20-8)16-11(17)7-18-10-5-3-2-4-9(10)12(14)19/h2-6H,7H2,1H3,(H2,14,19)(H,15,16,17). The number of nitrogens with two attached hydrogens (primary N) is 1. The zero-order chi connectivity index (χ0) is 14.5. The van der Waals surface area contributed by atoms with Gasteiger partial charge in [-0.2, -0.15) is 0 Å². The first-order valence-electron chi connectivity index (χ1n) is 5.80. The first kappa shape index (κ1) is 14.4. The Morgan fingerprint density at radius 2 is 2.25 bits per heavy atom. The second-order valence-corrected chi connectivity index (χ2v) is 5.65. The number of carbonyl (C=O) groups is 1. The van der Waals surface area contributed by atoms with E-state index in [1.807, 2.05) is 6.92 Å². The molecular weight excluding hydrogens is 294 g/mol. The Morgan fingerprint density at radius 3 is 2.90 bits per heavy atom. The fraction of sp³-hybridized carbons (Fsp3) is 0.154. The van der Waals surface area contributed by atoms with E-state index in [1.165, 1.54) is 11.3 Å². The average Bonchev–Trinajstić information content (AvgIpc) is 2.82. The Bertz CT molecular complexity index is 640. The molecule has 0 radical (unpaired) electrons. The van der Waals surface area contributed by atoms with E-state index < -0.39 is 0 Å². The van der Waals surface area contributed by atoms with Crippen LogP contribution in [0.2, 0.25) is 0 Å². The fourth-order valence-corrected chi connectivity index (χ4v) is 2.36. The molecule has 0 saturated carbocycles. The highest BCUT2D eigenvalue weighted by Gasteiger charge is 2.09. The Hall–Kier alpha value is -1.99. The lowest BCUT2D eigenvalue weighted by Crippen LogP contribution is -2.21. The first-order valence-corrected chi connectivity index (χ1v) is 7.02. The number of thiazole rings is 1. The molecule has 0 aliphatic heterocycles. The molecule has 2 aromatic rings. The van der Waals surface area contributed by atoms with Crippen LogP contribution in [0, 0.1) is 6.92 Å². The van der Waals surface area contributed by atoms with E-state index in [2.05, 4.69) is 10.3 Å². The number of aromatic nitrogens is 1.